The summed E-state index contributed by atoms with van der Waals surface area (Å²) in [6, 6.07) is 6.75. The van der Waals surface area contributed by atoms with Crippen molar-refractivity contribution in [2.24, 2.45) is 0 Å². The molecule has 0 bridgehead atoms. The maximum Gasteiger partial charge on any atom is 0.408 e. The van der Waals surface area contributed by atoms with Crippen molar-refractivity contribution in [2.75, 3.05) is 0 Å². The van der Waals surface area contributed by atoms with Crippen molar-refractivity contribution < 1.29 is 14.3 Å². The van der Waals surface area contributed by atoms with E-state index in [9.17, 15) is 9.59 Å². The second kappa shape index (κ2) is 8.56. The molecule has 2 N–H and O–H groups in total. The molecule has 0 fully saturated rings. The minimum absolute atomic E-state index is 0.260. The Labute approximate surface area is 155 Å². The van der Waals surface area contributed by atoms with Crippen molar-refractivity contribution in [3.63, 3.8) is 0 Å². The van der Waals surface area contributed by atoms with E-state index in [1.807, 2.05) is 38.1 Å². The summed E-state index contributed by atoms with van der Waals surface area (Å²) in [6.45, 7) is 11.0. The predicted octanol–water partition coefficient (Wildman–Crippen LogP) is 4.38. The predicted molar refractivity (Wildman–Crippen MR) is 101 cm³/mol. The molecule has 5 nitrogen and oxygen atoms in total. The van der Waals surface area contributed by atoms with E-state index in [1.165, 1.54) is 0 Å². The zero-order valence-corrected chi connectivity index (χ0v) is 16.7. The highest BCUT2D eigenvalue weighted by molar-refractivity contribution is 6.30. The molecular weight excluding hydrogens is 340 g/mol. The van der Waals surface area contributed by atoms with Crippen molar-refractivity contribution >= 4 is 23.6 Å². The van der Waals surface area contributed by atoms with Gasteiger partial charge in [-0.3, -0.25) is 4.79 Å². The molecule has 1 aromatic carbocycles. The Balaban J connectivity index is 2.85. The first-order valence-electron chi connectivity index (χ1n) is 8.60. The smallest absolute Gasteiger partial charge is 0.408 e. The summed E-state index contributed by atoms with van der Waals surface area (Å²) >= 11 is 5.97. The molecule has 0 heterocycles. The Morgan fingerprint density at radius 3 is 2.08 bits per heavy atom. The van der Waals surface area contributed by atoms with Crippen LogP contribution in [0.4, 0.5) is 4.79 Å². The van der Waals surface area contributed by atoms with Crippen LogP contribution in [0.5, 0.6) is 0 Å². The molecule has 1 aromatic rings. The first kappa shape index (κ1) is 21.3. The van der Waals surface area contributed by atoms with Crippen molar-refractivity contribution in [2.45, 2.75) is 71.6 Å². The van der Waals surface area contributed by atoms with Crippen LogP contribution < -0.4 is 10.6 Å². The number of alkyl carbamates (subject to hydrolysis) is 1. The van der Waals surface area contributed by atoms with E-state index in [0.717, 1.165) is 18.4 Å². The Kier molecular flexibility index (Phi) is 7.29. The van der Waals surface area contributed by atoms with Crippen LogP contribution in [-0.4, -0.2) is 23.6 Å². The lowest BCUT2D eigenvalue weighted by Crippen LogP contribution is -2.53. The lowest BCUT2D eigenvalue weighted by Gasteiger charge is -2.35. The summed E-state index contributed by atoms with van der Waals surface area (Å²) < 4.78 is 5.19. The zero-order chi connectivity index (χ0) is 19.3. The van der Waals surface area contributed by atoms with Crippen LogP contribution in [0.25, 0.3) is 0 Å². The number of benzene rings is 1. The summed E-state index contributed by atoms with van der Waals surface area (Å²) in [5.74, 6) is -0.260. The van der Waals surface area contributed by atoms with Gasteiger partial charge in [-0.2, -0.15) is 0 Å². The van der Waals surface area contributed by atoms with Crippen LogP contribution >= 0.6 is 11.6 Å². The van der Waals surface area contributed by atoms with Gasteiger partial charge in [-0.1, -0.05) is 37.6 Å². The van der Waals surface area contributed by atoms with Gasteiger partial charge in [-0.15, -0.1) is 0 Å². The molecule has 0 saturated heterocycles. The number of halogens is 1. The molecular formula is C19H29ClN2O3. The van der Waals surface area contributed by atoms with Gasteiger partial charge in [0.05, 0.1) is 5.54 Å². The Bertz CT molecular complexity index is 590. The number of carbonyl (C=O) groups is 2. The summed E-state index contributed by atoms with van der Waals surface area (Å²) in [7, 11) is 0. The van der Waals surface area contributed by atoms with Crippen molar-refractivity contribution in [3.8, 4) is 0 Å². The minimum Gasteiger partial charge on any atom is -0.444 e. The molecule has 0 aliphatic heterocycles. The summed E-state index contributed by atoms with van der Waals surface area (Å²) in [6.07, 6.45) is 0.826. The fraction of sp³-hybridized carbons (Fsp3) is 0.579. The molecule has 6 heteroatoms. The summed E-state index contributed by atoms with van der Waals surface area (Å²) in [4.78, 5) is 24.5. The molecule has 0 spiro atoms. The molecule has 140 valence electrons. The zero-order valence-electron chi connectivity index (χ0n) is 15.9. The lowest BCUT2D eigenvalue weighted by atomic mass is 9.84. The van der Waals surface area contributed by atoms with E-state index in [1.54, 1.807) is 27.7 Å². The number of amides is 2. The van der Waals surface area contributed by atoms with Gasteiger partial charge in [-0.05, 0) is 58.2 Å². The molecule has 0 unspecified atom stereocenters. The van der Waals surface area contributed by atoms with Crippen LogP contribution in [0.1, 0.15) is 59.9 Å². The van der Waals surface area contributed by atoms with E-state index in [0.29, 0.717) is 5.02 Å². The lowest BCUT2D eigenvalue weighted by molar-refractivity contribution is -0.125. The third-order valence-corrected chi connectivity index (χ3v) is 4.34. The van der Waals surface area contributed by atoms with Crippen molar-refractivity contribution in [1.29, 1.82) is 0 Å². The minimum atomic E-state index is -0.709. The number of carbonyl (C=O) groups excluding carboxylic acids is 2. The number of hydrogen-bond donors (Lipinski definition) is 2. The van der Waals surface area contributed by atoms with E-state index < -0.39 is 23.3 Å². The third kappa shape index (κ3) is 6.24. The van der Waals surface area contributed by atoms with Crippen molar-refractivity contribution in [1.82, 2.24) is 10.6 Å². The van der Waals surface area contributed by atoms with Crippen LogP contribution in [0.15, 0.2) is 24.3 Å². The molecule has 0 aliphatic rings. The quantitative estimate of drug-likeness (QED) is 0.782. The second-order valence-electron chi connectivity index (χ2n) is 7.15. The maximum absolute atomic E-state index is 12.6. The number of ether oxygens (including phenoxy) is 1. The molecule has 0 aliphatic carbocycles. The fourth-order valence-corrected chi connectivity index (χ4v) is 2.70. The summed E-state index contributed by atoms with van der Waals surface area (Å²) in [5, 5.41) is 6.30. The topological polar surface area (TPSA) is 67.4 Å². The molecule has 0 aromatic heterocycles. The van der Waals surface area contributed by atoms with Crippen LogP contribution in [0.3, 0.4) is 0 Å². The Morgan fingerprint density at radius 2 is 1.64 bits per heavy atom. The Morgan fingerprint density at radius 1 is 1.12 bits per heavy atom. The standard InChI is InChI=1S/C19H29ClN2O3/c1-7-19(8-2,14-9-11-15(20)12-10-14)22-16(23)13(3)21-17(24)25-18(4,5)6/h9-13H,7-8H2,1-6H3,(H,21,24)(H,22,23)/t13-/m1/s1. The first-order valence-corrected chi connectivity index (χ1v) is 8.98. The van der Waals surface area contributed by atoms with E-state index in [4.69, 9.17) is 16.3 Å². The average Bonchev–Trinajstić information content (AvgIpc) is 2.51. The molecule has 1 rings (SSSR count). The number of rotatable bonds is 6. The first-order chi connectivity index (χ1) is 11.5. The highest BCUT2D eigenvalue weighted by Gasteiger charge is 2.32. The van der Waals surface area contributed by atoms with E-state index in [2.05, 4.69) is 10.6 Å². The molecule has 1 atom stereocenters. The summed E-state index contributed by atoms with van der Waals surface area (Å²) in [5.41, 5.74) is -0.133. The van der Waals surface area contributed by atoms with Gasteiger partial charge in [0, 0.05) is 5.02 Å². The van der Waals surface area contributed by atoms with Gasteiger partial charge >= 0.3 is 6.09 Å². The van der Waals surface area contributed by atoms with E-state index >= 15 is 0 Å². The van der Waals surface area contributed by atoms with Crippen LogP contribution in [0.2, 0.25) is 5.02 Å². The molecule has 0 saturated carbocycles. The molecule has 0 radical (unpaired) electrons. The van der Waals surface area contributed by atoms with Gasteiger partial charge < -0.3 is 15.4 Å². The van der Waals surface area contributed by atoms with Gasteiger partial charge in [0.15, 0.2) is 0 Å². The average molecular weight is 369 g/mol. The highest BCUT2D eigenvalue weighted by atomic mass is 35.5. The van der Waals surface area contributed by atoms with Crippen molar-refractivity contribution in [3.05, 3.63) is 34.9 Å². The monoisotopic (exact) mass is 368 g/mol. The van der Waals surface area contributed by atoms with Gasteiger partial charge in [-0.25, -0.2) is 4.79 Å². The van der Waals surface area contributed by atoms with Crippen LogP contribution in [0, 0.1) is 0 Å². The largest absolute Gasteiger partial charge is 0.444 e. The second-order valence-corrected chi connectivity index (χ2v) is 7.59. The van der Waals surface area contributed by atoms with Gasteiger partial charge in [0.2, 0.25) is 5.91 Å². The van der Waals surface area contributed by atoms with Crippen LogP contribution in [-0.2, 0) is 15.1 Å². The molecule has 25 heavy (non-hydrogen) atoms. The highest BCUT2D eigenvalue weighted by Crippen LogP contribution is 2.29. The van der Waals surface area contributed by atoms with Gasteiger partial charge in [0.25, 0.3) is 0 Å². The number of hydrogen-bond acceptors (Lipinski definition) is 3. The normalized spacial score (nSPS) is 13.1. The Hall–Kier alpha value is -1.75. The maximum atomic E-state index is 12.6. The third-order valence-electron chi connectivity index (χ3n) is 4.09. The fourth-order valence-electron chi connectivity index (χ4n) is 2.57. The SMILES string of the molecule is CCC(CC)(NC(=O)[C@@H](C)NC(=O)OC(C)(C)C)c1ccc(Cl)cc1. The van der Waals surface area contributed by atoms with E-state index in [-0.39, 0.29) is 5.91 Å². The molecule has 2 amide bonds. The van der Waals surface area contributed by atoms with Gasteiger partial charge in [0.1, 0.15) is 11.6 Å². The number of nitrogens with one attached hydrogen (secondary N) is 2.